The van der Waals surface area contributed by atoms with Crippen molar-refractivity contribution < 1.29 is 22.4 Å². The predicted octanol–water partition coefficient (Wildman–Crippen LogP) is 6.30. The number of Topliss-reactive ketones (excluding diaryl/α,β-unsaturated/α-hetero) is 1. The van der Waals surface area contributed by atoms with Gasteiger partial charge in [-0.25, -0.2) is 17.6 Å². The number of halogens is 4. The van der Waals surface area contributed by atoms with Gasteiger partial charge in [-0.15, -0.1) is 0 Å². The van der Waals surface area contributed by atoms with Gasteiger partial charge in [0.1, 0.15) is 5.78 Å². The van der Waals surface area contributed by atoms with Crippen molar-refractivity contribution >= 4 is 5.78 Å². The van der Waals surface area contributed by atoms with Gasteiger partial charge in [0.05, 0.1) is 0 Å². The highest BCUT2D eigenvalue weighted by molar-refractivity contribution is 5.78. The zero-order valence-corrected chi connectivity index (χ0v) is 13.3. The van der Waals surface area contributed by atoms with Crippen LogP contribution in [0.4, 0.5) is 17.6 Å². The van der Waals surface area contributed by atoms with E-state index in [9.17, 15) is 22.4 Å². The SMILES string of the molecule is O=C1CCCCCCC(F)(F)CCCC(F)(F)CCCCC1. The van der Waals surface area contributed by atoms with E-state index in [4.69, 9.17) is 0 Å². The van der Waals surface area contributed by atoms with Crippen LogP contribution in [0.1, 0.15) is 89.9 Å². The molecule has 0 radical (unpaired) electrons. The fourth-order valence-electron chi connectivity index (χ4n) is 2.92. The molecule has 0 aromatic heterocycles. The normalized spacial score (nSPS) is 26.3. The average Bonchev–Trinajstić information content (AvgIpc) is 2.41. The summed E-state index contributed by atoms with van der Waals surface area (Å²) in [6.45, 7) is 0. The highest BCUT2D eigenvalue weighted by Crippen LogP contribution is 2.33. The van der Waals surface area contributed by atoms with Gasteiger partial charge in [-0.3, -0.25) is 4.79 Å². The minimum Gasteiger partial charge on any atom is -0.300 e. The van der Waals surface area contributed by atoms with Crippen LogP contribution in [0.15, 0.2) is 0 Å². The summed E-state index contributed by atoms with van der Waals surface area (Å²) in [5, 5.41) is 0. The molecule has 0 saturated heterocycles. The smallest absolute Gasteiger partial charge is 0.248 e. The molecule has 0 aliphatic heterocycles. The van der Waals surface area contributed by atoms with Crippen molar-refractivity contribution in [2.24, 2.45) is 0 Å². The molecule has 0 amide bonds. The molecule has 0 unspecified atom stereocenters. The third-order valence-corrected chi connectivity index (χ3v) is 4.33. The molecule has 130 valence electrons. The summed E-state index contributed by atoms with van der Waals surface area (Å²) >= 11 is 0. The Morgan fingerprint density at radius 2 is 0.909 bits per heavy atom. The predicted molar refractivity (Wildman–Crippen MR) is 79.5 cm³/mol. The maximum absolute atomic E-state index is 13.6. The van der Waals surface area contributed by atoms with E-state index in [0.717, 1.165) is 12.8 Å². The molecule has 0 aromatic rings. The van der Waals surface area contributed by atoms with Crippen LogP contribution >= 0.6 is 0 Å². The van der Waals surface area contributed by atoms with Gasteiger partial charge in [0.25, 0.3) is 0 Å². The summed E-state index contributed by atoms with van der Waals surface area (Å²) in [7, 11) is 0. The summed E-state index contributed by atoms with van der Waals surface area (Å²) < 4.78 is 54.4. The molecular weight excluding hydrogens is 296 g/mol. The molecule has 1 aliphatic carbocycles. The molecule has 1 rings (SSSR count). The number of hydrogen-bond donors (Lipinski definition) is 0. The van der Waals surface area contributed by atoms with E-state index in [-0.39, 0.29) is 25.0 Å². The van der Waals surface area contributed by atoms with Gasteiger partial charge in [-0.1, -0.05) is 19.3 Å². The summed E-state index contributed by atoms with van der Waals surface area (Å²) in [5.74, 6) is -5.52. The Balaban J connectivity index is 2.46. The number of alkyl halides is 4. The van der Waals surface area contributed by atoms with Crippen LogP contribution in [0, 0.1) is 0 Å². The summed E-state index contributed by atoms with van der Waals surface area (Å²) in [6, 6.07) is 0. The number of carbonyl (C=O) groups is 1. The first-order valence-corrected chi connectivity index (χ1v) is 8.58. The van der Waals surface area contributed by atoms with Crippen LogP contribution in [0.2, 0.25) is 0 Å². The Morgan fingerprint density at radius 3 is 1.41 bits per heavy atom. The monoisotopic (exact) mass is 324 g/mol. The van der Waals surface area contributed by atoms with Gasteiger partial charge in [0.15, 0.2) is 0 Å². The molecule has 0 atom stereocenters. The van der Waals surface area contributed by atoms with E-state index < -0.39 is 24.7 Å². The van der Waals surface area contributed by atoms with Crippen molar-refractivity contribution in [1.82, 2.24) is 0 Å². The summed E-state index contributed by atoms with van der Waals surface area (Å²) in [6.07, 6.45) is 3.69. The molecule has 1 aliphatic rings. The van der Waals surface area contributed by atoms with Crippen LogP contribution in [0.3, 0.4) is 0 Å². The lowest BCUT2D eigenvalue weighted by atomic mass is 10.00. The van der Waals surface area contributed by atoms with Gasteiger partial charge in [-0.2, -0.15) is 0 Å². The second kappa shape index (κ2) is 9.51. The van der Waals surface area contributed by atoms with Crippen LogP contribution in [-0.4, -0.2) is 17.6 Å². The first kappa shape index (κ1) is 19.4. The largest absolute Gasteiger partial charge is 0.300 e. The van der Waals surface area contributed by atoms with Crippen LogP contribution in [0.5, 0.6) is 0 Å². The van der Waals surface area contributed by atoms with Crippen molar-refractivity contribution in [3.63, 3.8) is 0 Å². The fraction of sp³-hybridized carbons (Fsp3) is 0.941. The molecule has 1 nitrogen and oxygen atoms in total. The molecule has 0 N–H and O–H groups in total. The number of ketones is 1. The van der Waals surface area contributed by atoms with Crippen molar-refractivity contribution in [1.29, 1.82) is 0 Å². The Kier molecular flexibility index (Phi) is 8.40. The lowest BCUT2D eigenvalue weighted by Crippen LogP contribution is -2.20. The van der Waals surface area contributed by atoms with Crippen LogP contribution in [-0.2, 0) is 4.79 Å². The topological polar surface area (TPSA) is 17.1 Å². The third-order valence-electron chi connectivity index (χ3n) is 4.33. The van der Waals surface area contributed by atoms with E-state index in [1.165, 1.54) is 0 Å². The van der Waals surface area contributed by atoms with Crippen LogP contribution in [0.25, 0.3) is 0 Å². The number of carbonyl (C=O) groups excluding carboxylic acids is 1. The molecule has 5 heteroatoms. The van der Waals surface area contributed by atoms with Gasteiger partial charge in [0.2, 0.25) is 11.8 Å². The minimum absolute atomic E-state index is 0.127. The average molecular weight is 324 g/mol. The molecule has 0 aromatic carbocycles. The quantitative estimate of drug-likeness (QED) is 0.478. The van der Waals surface area contributed by atoms with Crippen molar-refractivity contribution in [3.05, 3.63) is 0 Å². The molecule has 1 saturated carbocycles. The Labute approximate surface area is 130 Å². The summed E-state index contributed by atoms with van der Waals surface area (Å²) in [5.41, 5.74) is 0. The summed E-state index contributed by atoms with van der Waals surface area (Å²) in [4.78, 5) is 11.6. The van der Waals surface area contributed by atoms with Crippen molar-refractivity contribution in [2.45, 2.75) is 102 Å². The highest BCUT2D eigenvalue weighted by Gasteiger charge is 2.32. The third kappa shape index (κ3) is 9.42. The second-order valence-electron chi connectivity index (χ2n) is 6.58. The maximum atomic E-state index is 13.6. The maximum Gasteiger partial charge on any atom is 0.248 e. The van der Waals surface area contributed by atoms with Crippen LogP contribution < -0.4 is 0 Å². The lowest BCUT2D eigenvalue weighted by Gasteiger charge is -2.19. The Bertz CT molecular complexity index is 329. The van der Waals surface area contributed by atoms with Gasteiger partial charge in [-0.05, 0) is 32.1 Å². The minimum atomic E-state index is -2.85. The number of rotatable bonds is 0. The first-order valence-electron chi connectivity index (χ1n) is 8.58. The Hall–Kier alpha value is -0.610. The number of hydrogen-bond acceptors (Lipinski definition) is 1. The first-order chi connectivity index (χ1) is 10.3. The van der Waals surface area contributed by atoms with E-state index in [1.54, 1.807) is 0 Å². The Morgan fingerprint density at radius 1 is 0.545 bits per heavy atom. The van der Waals surface area contributed by atoms with Gasteiger partial charge >= 0.3 is 0 Å². The van der Waals surface area contributed by atoms with E-state index in [1.807, 2.05) is 0 Å². The van der Waals surface area contributed by atoms with E-state index in [2.05, 4.69) is 0 Å². The molecular formula is C17H28F4O. The fourth-order valence-corrected chi connectivity index (χ4v) is 2.92. The molecule has 22 heavy (non-hydrogen) atoms. The standard InChI is InChI=1S/C17H28F4O/c18-16(19)11-6-2-1-4-9-15(22)10-5-3-7-12-17(20,21)14-8-13-16/h1-14H2. The molecule has 0 spiro atoms. The van der Waals surface area contributed by atoms with Gasteiger partial charge in [0, 0.05) is 38.5 Å². The molecule has 0 bridgehead atoms. The van der Waals surface area contributed by atoms with Crippen molar-refractivity contribution in [3.8, 4) is 0 Å². The van der Waals surface area contributed by atoms with Crippen molar-refractivity contribution in [2.75, 3.05) is 0 Å². The molecule has 1 fully saturated rings. The van der Waals surface area contributed by atoms with Gasteiger partial charge < -0.3 is 0 Å². The zero-order chi connectivity index (χ0) is 16.5. The second-order valence-corrected chi connectivity index (χ2v) is 6.58. The van der Waals surface area contributed by atoms with E-state index >= 15 is 0 Å². The zero-order valence-electron chi connectivity index (χ0n) is 13.3. The van der Waals surface area contributed by atoms with E-state index in [0.29, 0.717) is 44.9 Å². The highest BCUT2D eigenvalue weighted by atomic mass is 19.3. The lowest BCUT2D eigenvalue weighted by molar-refractivity contribution is -0.119. The molecule has 0 heterocycles.